The van der Waals surface area contributed by atoms with Gasteiger partial charge in [0.25, 0.3) is 0 Å². The van der Waals surface area contributed by atoms with Crippen LogP contribution in [0.4, 0.5) is 0 Å². The third-order valence-corrected chi connectivity index (χ3v) is 2.95. The molecule has 2 rings (SSSR count). The molecule has 0 aromatic carbocycles. The summed E-state index contributed by atoms with van der Waals surface area (Å²) in [5.74, 6) is 1.16. The third-order valence-electron chi connectivity index (χ3n) is 2.95. The smallest absolute Gasteiger partial charge is 0.175 e. The fourth-order valence-corrected chi connectivity index (χ4v) is 2.13. The van der Waals surface area contributed by atoms with Gasteiger partial charge in [0.05, 0.1) is 11.9 Å². The molecule has 19 heavy (non-hydrogen) atoms. The van der Waals surface area contributed by atoms with Gasteiger partial charge in [-0.2, -0.15) is 10.2 Å². The molecule has 0 radical (unpaired) electrons. The number of nitrogens with one attached hydrogen (secondary N) is 1. The summed E-state index contributed by atoms with van der Waals surface area (Å²) in [4.78, 5) is 0. The zero-order chi connectivity index (χ0) is 13.7. The third kappa shape index (κ3) is 3.17. The predicted molar refractivity (Wildman–Crippen MR) is 75.2 cm³/mol. The van der Waals surface area contributed by atoms with Crippen molar-refractivity contribution in [3.05, 3.63) is 35.8 Å². The maximum atomic E-state index is 4.46. The van der Waals surface area contributed by atoms with Crippen molar-refractivity contribution in [3.63, 3.8) is 0 Å². The molecule has 5 nitrogen and oxygen atoms in total. The summed E-state index contributed by atoms with van der Waals surface area (Å²) in [6.45, 7) is 8.38. The summed E-state index contributed by atoms with van der Waals surface area (Å²) >= 11 is 0. The van der Waals surface area contributed by atoms with Crippen LogP contribution >= 0.6 is 0 Å². The molecule has 2 heterocycles. The van der Waals surface area contributed by atoms with Crippen molar-refractivity contribution < 1.29 is 0 Å². The van der Waals surface area contributed by atoms with E-state index in [0.29, 0.717) is 5.92 Å². The van der Waals surface area contributed by atoms with E-state index in [9.17, 15) is 0 Å². The van der Waals surface area contributed by atoms with Crippen LogP contribution in [-0.4, -0.2) is 26.5 Å². The normalized spacial score (nSPS) is 11.2. The first kappa shape index (κ1) is 13.7. The first-order valence-electron chi connectivity index (χ1n) is 6.79. The molecule has 0 atom stereocenters. The minimum Gasteiger partial charge on any atom is -0.313 e. The molecule has 0 aliphatic heterocycles. The highest BCUT2D eigenvalue weighted by Crippen LogP contribution is 2.21. The minimum atomic E-state index is 0.392. The Labute approximate surface area is 114 Å². The maximum absolute atomic E-state index is 4.46. The predicted octanol–water partition coefficient (Wildman–Crippen LogP) is 2.29. The highest BCUT2D eigenvalue weighted by Gasteiger charge is 2.15. The summed E-state index contributed by atoms with van der Waals surface area (Å²) in [6, 6.07) is 3.80. The van der Waals surface area contributed by atoms with Crippen LogP contribution in [0.5, 0.6) is 0 Å². The van der Waals surface area contributed by atoms with E-state index in [1.165, 1.54) is 11.3 Å². The lowest BCUT2D eigenvalue weighted by Gasteiger charge is -2.12. The molecule has 0 bridgehead atoms. The van der Waals surface area contributed by atoms with Gasteiger partial charge < -0.3 is 5.32 Å². The fourth-order valence-electron chi connectivity index (χ4n) is 2.13. The van der Waals surface area contributed by atoms with Gasteiger partial charge in [-0.25, -0.2) is 4.68 Å². The van der Waals surface area contributed by atoms with Crippen LogP contribution in [0.15, 0.2) is 24.5 Å². The number of hydrogen-bond acceptors (Lipinski definition) is 4. The van der Waals surface area contributed by atoms with Gasteiger partial charge in [-0.3, -0.25) is 0 Å². The largest absolute Gasteiger partial charge is 0.313 e. The summed E-state index contributed by atoms with van der Waals surface area (Å²) in [6.07, 6.45) is 4.73. The van der Waals surface area contributed by atoms with Gasteiger partial charge >= 0.3 is 0 Å². The summed E-state index contributed by atoms with van der Waals surface area (Å²) in [5, 5.41) is 15.9. The van der Waals surface area contributed by atoms with E-state index >= 15 is 0 Å². The Morgan fingerprint density at radius 2 is 2.21 bits per heavy atom. The topological polar surface area (TPSA) is 55.6 Å². The molecule has 0 saturated heterocycles. The van der Waals surface area contributed by atoms with Crippen LogP contribution in [0.3, 0.4) is 0 Å². The van der Waals surface area contributed by atoms with Crippen LogP contribution in [0.2, 0.25) is 0 Å². The van der Waals surface area contributed by atoms with Crippen molar-refractivity contribution in [3.8, 4) is 5.82 Å². The molecule has 0 fully saturated rings. The monoisotopic (exact) mass is 259 g/mol. The Balaban J connectivity index is 2.30. The molecular weight excluding hydrogens is 238 g/mol. The van der Waals surface area contributed by atoms with Crippen LogP contribution in [-0.2, 0) is 6.54 Å². The van der Waals surface area contributed by atoms with Crippen molar-refractivity contribution in [2.45, 2.75) is 39.7 Å². The fraction of sp³-hybridized carbons (Fsp3) is 0.500. The zero-order valence-electron chi connectivity index (χ0n) is 11.8. The van der Waals surface area contributed by atoms with E-state index in [1.807, 2.05) is 23.0 Å². The summed E-state index contributed by atoms with van der Waals surface area (Å²) < 4.78 is 1.89. The second-order valence-corrected chi connectivity index (χ2v) is 4.88. The lowest BCUT2D eigenvalue weighted by atomic mass is 10.1. The van der Waals surface area contributed by atoms with Gasteiger partial charge in [0.2, 0.25) is 0 Å². The summed E-state index contributed by atoms with van der Waals surface area (Å²) in [5.41, 5.74) is 2.43. The molecule has 0 aliphatic carbocycles. The van der Waals surface area contributed by atoms with Crippen molar-refractivity contribution in [2.24, 2.45) is 0 Å². The van der Waals surface area contributed by atoms with Crippen molar-refractivity contribution in [1.82, 2.24) is 25.3 Å². The van der Waals surface area contributed by atoms with Gasteiger partial charge in [0.15, 0.2) is 5.82 Å². The second kappa shape index (κ2) is 6.43. The van der Waals surface area contributed by atoms with Crippen LogP contribution in [0, 0.1) is 0 Å². The first-order valence-corrected chi connectivity index (χ1v) is 6.79. The lowest BCUT2D eigenvalue weighted by molar-refractivity contribution is 0.655. The van der Waals surface area contributed by atoms with E-state index in [-0.39, 0.29) is 0 Å². The van der Waals surface area contributed by atoms with Gasteiger partial charge in [0, 0.05) is 18.3 Å². The Bertz CT molecular complexity index is 504. The molecule has 0 unspecified atom stereocenters. The van der Waals surface area contributed by atoms with Gasteiger partial charge in [-0.05, 0) is 31.0 Å². The first-order chi connectivity index (χ1) is 9.24. The van der Waals surface area contributed by atoms with E-state index in [1.54, 1.807) is 6.20 Å². The average molecular weight is 259 g/mol. The number of aromatic nitrogens is 4. The Kier molecular flexibility index (Phi) is 4.63. The lowest BCUT2D eigenvalue weighted by Crippen LogP contribution is -2.16. The van der Waals surface area contributed by atoms with E-state index in [0.717, 1.165) is 25.3 Å². The molecule has 0 amide bonds. The van der Waals surface area contributed by atoms with Crippen molar-refractivity contribution >= 4 is 0 Å². The maximum Gasteiger partial charge on any atom is 0.175 e. The number of hydrogen-bond donors (Lipinski definition) is 1. The average Bonchev–Trinajstić information content (AvgIpc) is 2.84. The Morgan fingerprint density at radius 3 is 2.84 bits per heavy atom. The zero-order valence-corrected chi connectivity index (χ0v) is 11.8. The van der Waals surface area contributed by atoms with Crippen molar-refractivity contribution in [2.75, 3.05) is 6.54 Å². The number of nitrogens with zero attached hydrogens (tertiary/aromatic N) is 4. The SMILES string of the molecule is CCCNCc1cnn(-c2cccnn2)c1C(C)C. The molecule has 0 saturated carbocycles. The Morgan fingerprint density at radius 1 is 1.37 bits per heavy atom. The molecular formula is C14H21N5. The van der Waals surface area contributed by atoms with Crippen molar-refractivity contribution in [1.29, 1.82) is 0 Å². The minimum absolute atomic E-state index is 0.392. The molecule has 102 valence electrons. The van der Waals surface area contributed by atoms with Gasteiger partial charge in [-0.1, -0.05) is 20.8 Å². The van der Waals surface area contributed by atoms with Crippen LogP contribution < -0.4 is 5.32 Å². The highest BCUT2D eigenvalue weighted by atomic mass is 15.3. The van der Waals surface area contributed by atoms with Crippen LogP contribution in [0.1, 0.15) is 44.4 Å². The van der Waals surface area contributed by atoms with E-state index in [2.05, 4.69) is 41.4 Å². The van der Waals surface area contributed by atoms with E-state index in [4.69, 9.17) is 0 Å². The molecule has 2 aromatic heterocycles. The highest BCUT2D eigenvalue weighted by molar-refractivity contribution is 5.29. The Hall–Kier alpha value is -1.75. The van der Waals surface area contributed by atoms with Gasteiger partial charge in [-0.15, -0.1) is 5.10 Å². The van der Waals surface area contributed by atoms with E-state index < -0.39 is 0 Å². The molecule has 0 spiro atoms. The molecule has 1 N–H and O–H groups in total. The van der Waals surface area contributed by atoms with Crippen LogP contribution in [0.25, 0.3) is 5.82 Å². The quantitative estimate of drug-likeness (QED) is 0.809. The molecule has 2 aromatic rings. The van der Waals surface area contributed by atoms with Gasteiger partial charge in [0.1, 0.15) is 0 Å². The second-order valence-electron chi connectivity index (χ2n) is 4.88. The number of rotatable bonds is 6. The summed E-state index contributed by atoms with van der Waals surface area (Å²) in [7, 11) is 0. The standard InChI is InChI=1S/C14H21N5/c1-4-7-15-9-12-10-17-19(14(12)11(2)3)13-6-5-8-16-18-13/h5-6,8,10-11,15H,4,7,9H2,1-3H3. The molecule has 0 aliphatic rings. The molecule has 5 heteroatoms.